The number of sulfonamides is 1. The van der Waals surface area contributed by atoms with Crippen LogP contribution >= 0.6 is 0 Å². The summed E-state index contributed by atoms with van der Waals surface area (Å²) in [7, 11) is -3.53. The Hall–Kier alpha value is -1.56. The topological polar surface area (TPSA) is 66.5 Å². The lowest BCUT2D eigenvalue weighted by molar-refractivity contribution is -0.122. The molecule has 3 rings (SSSR count). The number of fused-ring (bicyclic) bond motifs is 2. The van der Waals surface area contributed by atoms with Gasteiger partial charge in [0.25, 0.3) is 0 Å². The first-order chi connectivity index (χ1) is 10.9. The highest BCUT2D eigenvalue weighted by Crippen LogP contribution is 2.44. The van der Waals surface area contributed by atoms with Crippen LogP contribution in [0.25, 0.3) is 0 Å². The third-order valence-electron chi connectivity index (χ3n) is 5.16. The smallest absolute Gasteiger partial charge is 0.243 e. The Bertz CT molecular complexity index is 674. The van der Waals surface area contributed by atoms with Crippen molar-refractivity contribution in [1.29, 1.82) is 0 Å². The molecule has 0 saturated heterocycles. The Labute approximate surface area is 138 Å². The van der Waals surface area contributed by atoms with Gasteiger partial charge in [-0.25, -0.2) is 8.42 Å². The molecule has 1 aromatic carbocycles. The average molecular weight is 336 g/mol. The van der Waals surface area contributed by atoms with Gasteiger partial charge in [-0.15, -0.1) is 0 Å². The summed E-state index contributed by atoms with van der Waals surface area (Å²) in [5, 5.41) is 3.09. The van der Waals surface area contributed by atoms with Crippen LogP contribution in [0.1, 0.15) is 32.6 Å². The number of nitrogens with zero attached hydrogens (tertiary/aromatic N) is 1. The zero-order valence-corrected chi connectivity index (χ0v) is 14.4. The molecule has 126 valence electrons. The normalized spacial score (nSPS) is 27.7. The molecule has 1 amide bonds. The molecule has 1 N–H and O–H groups in total. The van der Waals surface area contributed by atoms with Gasteiger partial charge in [0.15, 0.2) is 0 Å². The lowest BCUT2D eigenvalue weighted by Crippen LogP contribution is -2.51. The van der Waals surface area contributed by atoms with E-state index in [-0.39, 0.29) is 11.9 Å². The van der Waals surface area contributed by atoms with Gasteiger partial charge < -0.3 is 5.32 Å². The molecule has 1 aromatic rings. The van der Waals surface area contributed by atoms with Crippen LogP contribution in [0.2, 0.25) is 0 Å². The van der Waals surface area contributed by atoms with Crippen molar-refractivity contribution in [2.75, 3.05) is 10.6 Å². The summed E-state index contributed by atoms with van der Waals surface area (Å²) in [6.45, 7) is 1.65. The van der Waals surface area contributed by atoms with Crippen molar-refractivity contribution in [2.45, 2.75) is 44.7 Å². The number of hydrogen-bond acceptors (Lipinski definition) is 3. The molecule has 2 aliphatic rings. The Balaban J connectivity index is 1.75. The number of amides is 1. The van der Waals surface area contributed by atoms with Crippen LogP contribution in [0.5, 0.6) is 0 Å². The SMILES string of the molecule is C[C@@H](C(=O)N[C@H]1C[C@H]2CC[C@H]1C2)N(c1ccccc1)S(C)(=O)=O. The number of para-hydroxylation sites is 1. The largest absolute Gasteiger partial charge is 0.351 e. The van der Waals surface area contributed by atoms with Crippen LogP contribution in [0, 0.1) is 11.8 Å². The second-order valence-corrected chi connectivity index (χ2v) is 8.72. The molecule has 2 aliphatic carbocycles. The summed E-state index contributed by atoms with van der Waals surface area (Å²) in [5.41, 5.74) is 0.519. The lowest BCUT2D eigenvalue weighted by atomic mass is 9.95. The van der Waals surface area contributed by atoms with Gasteiger partial charge >= 0.3 is 0 Å². The fourth-order valence-corrected chi connectivity index (χ4v) is 5.28. The molecule has 2 saturated carbocycles. The summed E-state index contributed by atoms with van der Waals surface area (Å²) in [6, 6.07) is 8.24. The van der Waals surface area contributed by atoms with Crippen LogP contribution in [0.15, 0.2) is 30.3 Å². The fourth-order valence-electron chi connectivity index (χ4n) is 4.11. The molecular formula is C17H24N2O3S. The van der Waals surface area contributed by atoms with E-state index in [2.05, 4.69) is 5.32 Å². The molecule has 0 aliphatic heterocycles. The monoisotopic (exact) mass is 336 g/mol. The van der Waals surface area contributed by atoms with Crippen molar-refractivity contribution in [1.82, 2.24) is 5.32 Å². The Morgan fingerprint density at radius 1 is 1.22 bits per heavy atom. The molecule has 0 heterocycles. The number of hydrogen-bond donors (Lipinski definition) is 1. The van der Waals surface area contributed by atoms with Gasteiger partial charge in [0.2, 0.25) is 15.9 Å². The fraction of sp³-hybridized carbons (Fsp3) is 0.588. The van der Waals surface area contributed by atoms with Crippen molar-refractivity contribution in [2.24, 2.45) is 11.8 Å². The maximum atomic E-state index is 12.6. The van der Waals surface area contributed by atoms with Gasteiger partial charge in [0, 0.05) is 6.04 Å². The quantitative estimate of drug-likeness (QED) is 0.896. The molecule has 0 aromatic heterocycles. The molecule has 2 bridgehead atoms. The van der Waals surface area contributed by atoms with Crippen LogP contribution in [-0.4, -0.2) is 32.7 Å². The standard InChI is InChI=1S/C17H24N2O3S/c1-12(17(20)18-16-11-13-8-9-14(16)10-13)19(23(2,21)22)15-6-4-3-5-7-15/h3-7,12-14,16H,8-11H2,1-2H3,(H,18,20)/t12-,13-,14-,16-/m0/s1. The third kappa shape index (κ3) is 3.37. The maximum absolute atomic E-state index is 12.6. The van der Waals surface area contributed by atoms with Gasteiger partial charge in [-0.1, -0.05) is 24.6 Å². The second kappa shape index (κ2) is 6.15. The van der Waals surface area contributed by atoms with Crippen molar-refractivity contribution < 1.29 is 13.2 Å². The number of carbonyl (C=O) groups is 1. The van der Waals surface area contributed by atoms with E-state index < -0.39 is 16.1 Å². The predicted molar refractivity (Wildman–Crippen MR) is 90.6 cm³/mol. The van der Waals surface area contributed by atoms with Crippen molar-refractivity contribution in [3.63, 3.8) is 0 Å². The van der Waals surface area contributed by atoms with E-state index in [0.717, 1.165) is 18.6 Å². The Kier molecular flexibility index (Phi) is 4.36. The summed E-state index contributed by atoms with van der Waals surface area (Å²) in [5.74, 6) is 1.09. The van der Waals surface area contributed by atoms with Gasteiger partial charge in [-0.05, 0) is 50.2 Å². The van der Waals surface area contributed by atoms with E-state index in [9.17, 15) is 13.2 Å². The number of rotatable bonds is 5. The molecule has 0 spiro atoms. The lowest BCUT2D eigenvalue weighted by Gasteiger charge is -2.30. The predicted octanol–water partition coefficient (Wildman–Crippen LogP) is 2.15. The first-order valence-electron chi connectivity index (χ1n) is 8.21. The number of carbonyl (C=O) groups excluding carboxylic acids is 1. The number of nitrogens with one attached hydrogen (secondary N) is 1. The van der Waals surface area contributed by atoms with Crippen molar-refractivity contribution in [3.05, 3.63) is 30.3 Å². The Morgan fingerprint density at radius 2 is 1.91 bits per heavy atom. The van der Waals surface area contributed by atoms with E-state index in [4.69, 9.17) is 0 Å². The van der Waals surface area contributed by atoms with Crippen LogP contribution in [0.4, 0.5) is 5.69 Å². The molecular weight excluding hydrogens is 312 g/mol. The van der Waals surface area contributed by atoms with Gasteiger partial charge in [-0.2, -0.15) is 0 Å². The van der Waals surface area contributed by atoms with E-state index in [0.29, 0.717) is 11.6 Å². The zero-order valence-electron chi connectivity index (χ0n) is 13.6. The first-order valence-corrected chi connectivity index (χ1v) is 10.1. The first kappa shape index (κ1) is 16.3. The van der Waals surface area contributed by atoms with E-state index in [1.165, 1.54) is 23.6 Å². The van der Waals surface area contributed by atoms with Crippen LogP contribution in [0.3, 0.4) is 0 Å². The Morgan fingerprint density at radius 3 is 2.43 bits per heavy atom. The summed E-state index contributed by atoms with van der Waals surface area (Å²) >= 11 is 0. The van der Waals surface area contributed by atoms with Crippen molar-refractivity contribution >= 4 is 21.6 Å². The third-order valence-corrected chi connectivity index (χ3v) is 6.41. The molecule has 6 heteroatoms. The van der Waals surface area contributed by atoms with Gasteiger partial charge in [0.1, 0.15) is 6.04 Å². The highest BCUT2D eigenvalue weighted by Gasteiger charge is 2.41. The summed E-state index contributed by atoms with van der Waals surface area (Å²) in [6.07, 6.45) is 5.83. The zero-order chi connectivity index (χ0) is 16.6. The van der Waals surface area contributed by atoms with Gasteiger partial charge in [0.05, 0.1) is 11.9 Å². The van der Waals surface area contributed by atoms with Crippen molar-refractivity contribution in [3.8, 4) is 0 Å². The summed E-state index contributed by atoms with van der Waals surface area (Å²) < 4.78 is 25.6. The molecule has 5 nitrogen and oxygen atoms in total. The minimum atomic E-state index is -3.53. The molecule has 2 fully saturated rings. The molecule has 0 radical (unpaired) electrons. The van der Waals surface area contributed by atoms with E-state index >= 15 is 0 Å². The second-order valence-electron chi connectivity index (χ2n) is 6.86. The van der Waals surface area contributed by atoms with E-state index in [1.54, 1.807) is 31.2 Å². The minimum absolute atomic E-state index is 0.209. The molecule has 4 atom stereocenters. The number of benzene rings is 1. The highest BCUT2D eigenvalue weighted by molar-refractivity contribution is 7.92. The summed E-state index contributed by atoms with van der Waals surface area (Å²) in [4.78, 5) is 12.6. The van der Waals surface area contributed by atoms with Gasteiger partial charge in [-0.3, -0.25) is 9.10 Å². The van der Waals surface area contributed by atoms with Crippen LogP contribution < -0.4 is 9.62 Å². The average Bonchev–Trinajstić information content (AvgIpc) is 3.09. The molecule has 0 unspecified atom stereocenters. The number of anilines is 1. The van der Waals surface area contributed by atoms with Crippen LogP contribution in [-0.2, 0) is 14.8 Å². The maximum Gasteiger partial charge on any atom is 0.243 e. The van der Waals surface area contributed by atoms with E-state index in [1.807, 2.05) is 6.07 Å². The minimum Gasteiger partial charge on any atom is -0.351 e. The highest BCUT2D eigenvalue weighted by atomic mass is 32.2. The molecule has 23 heavy (non-hydrogen) atoms.